The zero-order chi connectivity index (χ0) is 28.3. The van der Waals surface area contributed by atoms with Gasteiger partial charge < -0.3 is 37.6 Å². The molecule has 0 fully saturated rings. The summed E-state index contributed by atoms with van der Waals surface area (Å²) >= 11 is 0. The molecule has 8 atom stereocenters. The molecule has 0 aromatic rings. The zero-order valence-electron chi connectivity index (χ0n) is 22.9. The van der Waals surface area contributed by atoms with Gasteiger partial charge in [-0.05, 0) is 52.4 Å². The number of nitrogens with two attached hydrogens (primary N) is 2. The first-order chi connectivity index (χ1) is 16.5. The van der Waals surface area contributed by atoms with Crippen molar-refractivity contribution >= 4 is 23.6 Å². The monoisotopic (exact) mass is 516 g/mol. The summed E-state index contributed by atoms with van der Waals surface area (Å²) in [5.41, 5.74) is 11.0. The minimum Gasteiger partial charge on any atom is -0.389 e. The quantitative estimate of drug-likeness (QED) is 0.127. The first-order valence-electron chi connectivity index (χ1n) is 12.6. The van der Waals surface area contributed by atoms with E-state index in [-0.39, 0.29) is 11.8 Å². The van der Waals surface area contributed by atoms with Gasteiger partial charge in [0, 0.05) is 6.04 Å². The molecule has 0 aliphatic rings. The van der Waals surface area contributed by atoms with Crippen molar-refractivity contribution in [3.63, 3.8) is 0 Å². The second kappa shape index (κ2) is 15.9. The Labute approximate surface area is 214 Å². The topological polar surface area (TPSA) is 209 Å². The van der Waals surface area contributed by atoms with Crippen LogP contribution in [0.3, 0.4) is 0 Å². The van der Waals surface area contributed by atoms with Gasteiger partial charge in [-0.3, -0.25) is 24.5 Å². The number of aliphatic hydroxyl groups excluding tert-OH is 2. The fraction of sp³-hybridized carbons (Fsp3) is 0.833. The summed E-state index contributed by atoms with van der Waals surface area (Å²) in [6.07, 6.45) is -1.99. The van der Waals surface area contributed by atoms with Gasteiger partial charge in [0.25, 0.3) is 0 Å². The van der Waals surface area contributed by atoms with Gasteiger partial charge in [-0.1, -0.05) is 27.7 Å². The van der Waals surface area contributed by atoms with E-state index in [2.05, 4.69) is 21.3 Å². The number of aliphatic hydroxyl groups is 2. The summed E-state index contributed by atoms with van der Waals surface area (Å²) in [5, 5.41) is 32.6. The molecular formula is C24H48N6O6. The highest BCUT2D eigenvalue weighted by Gasteiger charge is 2.36. The van der Waals surface area contributed by atoms with Crippen molar-refractivity contribution in [3.05, 3.63) is 0 Å². The van der Waals surface area contributed by atoms with E-state index >= 15 is 0 Å². The number of imide groups is 1. The highest BCUT2D eigenvalue weighted by atomic mass is 16.3. The third-order valence-corrected chi connectivity index (χ3v) is 5.64. The predicted molar refractivity (Wildman–Crippen MR) is 137 cm³/mol. The van der Waals surface area contributed by atoms with Gasteiger partial charge in [0.2, 0.25) is 23.6 Å². The van der Waals surface area contributed by atoms with Crippen LogP contribution in [0.4, 0.5) is 0 Å². The van der Waals surface area contributed by atoms with E-state index in [1.165, 1.54) is 27.7 Å². The molecule has 1 unspecified atom stereocenters. The maximum atomic E-state index is 12.7. The second-order valence-electron chi connectivity index (χ2n) is 10.5. The fourth-order valence-corrected chi connectivity index (χ4v) is 3.54. The van der Waals surface area contributed by atoms with Crippen LogP contribution in [-0.2, 0) is 19.2 Å². The Balaban J connectivity index is 5.59. The van der Waals surface area contributed by atoms with Crippen LogP contribution in [0.15, 0.2) is 0 Å². The van der Waals surface area contributed by atoms with Crippen LogP contribution in [0.25, 0.3) is 0 Å². The Bertz CT molecular complexity index is 730. The number of carbonyl (C=O) groups excluding carboxylic acids is 4. The van der Waals surface area contributed by atoms with E-state index in [1.54, 1.807) is 0 Å². The summed E-state index contributed by atoms with van der Waals surface area (Å²) in [6.45, 7) is 13.6. The van der Waals surface area contributed by atoms with Crippen LogP contribution in [0.1, 0.15) is 68.2 Å². The van der Waals surface area contributed by atoms with Gasteiger partial charge in [0.05, 0.1) is 30.3 Å². The van der Waals surface area contributed by atoms with E-state index < -0.39 is 72.1 Å². The third-order valence-electron chi connectivity index (χ3n) is 5.64. The molecule has 0 radical (unpaired) electrons. The van der Waals surface area contributed by atoms with E-state index in [4.69, 9.17) is 11.5 Å². The van der Waals surface area contributed by atoms with Crippen LogP contribution in [0, 0.1) is 11.8 Å². The Morgan fingerprint density at radius 3 is 1.50 bits per heavy atom. The number of amides is 4. The molecule has 0 bridgehead atoms. The van der Waals surface area contributed by atoms with Crippen molar-refractivity contribution in [2.24, 2.45) is 23.3 Å². The lowest BCUT2D eigenvalue weighted by Crippen LogP contribution is -2.60. The lowest BCUT2D eigenvalue weighted by molar-refractivity contribution is -0.132. The first kappa shape index (κ1) is 33.9. The molecule has 0 spiro atoms. The molecule has 4 amide bonds. The maximum Gasteiger partial charge on any atom is 0.243 e. The standard InChI is InChI=1S/C24H48N6O6/c1-11(2)9-17(27-15(7)24(36)30-22(34)14(6)26)19(31)20(32)18(10-12(3)4)29-23(35)16(8)28-21(33)13(5)25/h11-20,27,31-32H,9-10,25-26H2,1-8H3,(H,28,33)(H,29,35)(H,30,34,36)/t13-,14-,15+,16-,17-,18-,19?,20+/m0/s1. The van der Waals surface area contributed by atoms with Crippen LogP contribution in [0.5, 0.6) is 0 Å². The fourth-order valence-electron chi connectivity index (χ4n) is 3.54. The molecule has 0 saturated carbocycles. The summed E-state index contributed by atoms with van der Waals surface area (Å²) in [6, 6.07) is -4.98. The van der Waals surface area contributed by atoms with Crippen molar-refractivity contribution in [2.45, 2.75) is 117 Å². The molecule has 0 aliphatic heterocycles. The third kappa shape index (κ3) is 12.2. The number of carbonyl (C=O) groups is 4. The molecule has 0 aromatic heterocycles. The molecule has 12 heteroatoms. The van der Waals surface area contributed by atoms with Crippen LogP contribution >= 0.6 is 0 Å². The van der Waals surface area contributed by atoms with Gasteiger partial charge >= 0.3 is 0 Å². The number of rotatable bonds is 15. The highest BCUT2D eigenvalue weighted by molar-refractivity contribution is 5.99. The molecule has 0 aromatic carbocycles. The lowest BCUT2D eigenvalue weighted by atomic mass is 9.89. The summed E-state index contributed by atoms with van der Waals surface area (Å²) in [7, 11) is 0. The van der Waals surface area contributed by atoms with Gasteiger partial charge in [-0.25, -0.2) is 0 Å². The SMILES string of the molecule is CC(C)C[C@H](N[C@H](C)C(=O)NC(=O)[C@H](C)N)C(O)[C@H](O)[C@H](CC(C)C)NC(=O)[C@H](C)NC(=O)[C@H](C)N. The summed E-state index contributed by atoms with van der Waals surface area (Å²) in [4.78, 5) is 48.7. The maximum absolute atomic E-state index is 12.7. The Hall–Kier alpha value is -2.12. The van der Waals surface area contributed by atoms with Gasteiger partial charge in [-0.2, -0.15) is 0 Å². The van der Waals surface area contributed by atoms with Crippen molar-refractivity contribution in [1.82, 2.24) is 21.3 Å². The number of hydrogen-bond donors (Lipinski definition) is 8. The van der Waals surface area contributed by atoms with Gasteiger partial charge in [0.15, 0.2) is 0 Å². The molecule has 0 heterocycles. The lowest BCUT2D eigenvalue weighted by Gasteiger charge is -2.35. The molecule has 210 valence electrons. The Morgan fingerprint density at radius 2 is 1.06 bits per heavy atom. The average molecular weight is 517 g/mol. The van der Waals surface area contributed by atoms with E-state index in [0.29, 0.717) is 12.8 Å². The minimum atomic E-state index is -1.38. The minimum absolute atomic E-state index is 0.0663. The Morgan fingerprint density at radius 1 is 0.611 bits per heavy atom. The first-order valence-corrected chi connectivity index (χ1v) is 12.6. The van der Waals surface area contributed by atoms with Crippen LogP contribution in [0.2, 0.25) is 0 Å². The Kier molecular flexibility index (Phi) is 14.9. The largest absolute Gasteiger partial charge is 0.389 e. The van der Waals surface area contributed by atoms with Crippen molar-refractivity contribution < 1.29 is 29.4 Å². The zero-order valence-corrected chi connectivity index (χ0v) is 22.9. The highest BCUT2D eigenvalue weighted by Crippen LogP contribution is 2.18. The van der Waals surface area contributed by atoms with Gasteiger partial charge in [-0.15, -0.1) is 0 Å². The van der Waals surface area contributed by atoms with Crippen molar-refractivity contribution in [2.75, 3.05) is 0 Å². The molecule has 36 heavy (non-hydrogen) atoms. The molecular weight excluding hydrogens is 468 g/mol. The van der Waals surface area contributed by atoms with Crippen molar-refractivity contribution in [3.8, 4) is 0 Å². The molecule has 0 aliphatic carbocycles. The van der Waals surface area contributed by atoms with E-state index in [0.717, 1.165) is 0 Å². The van der Waals surface area contributed by atoms with E-state index in [9.17, 15) is 29.4 Å². The molecule has 0 rings (SSSR count). The molecule has 12 nitrogen and oxygen atoms in total. The van der Waals surface area contributed by atoms with Crippen LogP contribution < -0.4 is 32.7 Å². The predicted octanol–water partition coefficient (Wildman–Crippen LogP) is -1.53. The smallest absolute Gasteiger partial charge is 0.243 e. The number of hydrogen-bond acceptors (Lipinski definition) is 9. The second-order valence-corrected chi connectivity index (χ2v) is 10.5. The normalized spacial score (nSPS) is 18.4. The summed E-state index contributed by atoms with van der Waals surface area (Å²) in [5.74, 6) is -2.10. The average Bonchev–Trinajstić information content (AvgIpc) is 2.75. The van der Waals surface area contributed by atoms with Crippen LogP contribution in [-0.4, -0.2) is 82.3 Å². The van der Waals surface area contributed by atoms with Gasteiger partial charge in [0.1, 0.15) is 12.1 Å². The summed E-state index contributed by atoms with van der Waals surface area (Å²) < 4.78 is 0. The molecule has 0 saturated heterocycles. The number of nitrogens with one attached hydrogen (secondary N) is 4. The van der Waals surface area contributed by atoms with Crippen molar-refractivity contribution in [1.29, 1.82) is 0 Å². The molecule has 10 N–H and O–H groups in total. The van der Waals surface area contributed by atoms with E-state index in [1.807, 2.05) is 27.7 Å².